The molecule has 20 heavy (non-hydrogen) atoms. The number of benzene rings is 1. The van der Waals surface area contributed by atoms with Crippen LogP contribution in [0.4, 0.5) is 0 Å². The average molecular weight is 270 g/mol. The standard InChI is InChI=1S/C17H22N2O/c1-13(2)14-8-10-19(11-9-14)17(20)16(12-18)15-6-4-3-5-7-15/h3-7,13-14,16H,8-11H2,1-2H3. The number of amides is 1. The molecular formula is C17H22N2O. The van der Waals surface area contributed by atoms with Gasteiger partial charge in [-0.25, -0.2) is 0 Å². The topological polar surface area (TPSA) is 44.1 Å². The molecule has 2 rings (SSSR count). The molecule has 1 atom stereocenters. The second-order valence-electron chi connectivity index (χ2n) is 5.88. The van der Waals surface area contributed by atoms with Crippen molar-refractivity contribution in [3.05, 3.63) is 35.9 Å². The highest BCUT2D eigenvalue weighted by molar-refractivity contribution is 5.86. The van der Waals surface area contributed by atoms with Crippen molar-refractivity contribution in [3.63, 3.8) is 0 Å². The highest BCUT2D eigenvalue weighted by Crippen LogP contribution is 2.27. The molecule has 1 aromatic carbocycles. The first kappa shape index (κ1) is 14.6. The second-order valence-corrected chi connectivity index (χ2v) is 5.88. The largest absolute Gasteiger partial charge is 0.341 e. The van der Waals surface area contributed by atoms with Crippen LogP contribution in [0.1, 0.15) is 38.2 Å². The van der Waals surface area contributed by atoms with Gasteiger partial charge >= 0.3 is 0 Å². The number of hydrogen-bond acceptors (Lipinski definition) is 2. The van der Waals surface area contributed by atoms with Crippen molar-refractivity contribution in [1.29, 1.82) is 5.26 Å². The van der Waals surface area contributed by atoms with Gasteiger partial charge in [-0.15, -0.1) is 0 Å². The molecule has 0 saturated carbocycles. The maximum atomic E-state index is 12.5. The third-order valence-corrected chi connectivity index (χ3v) is 4.30. The molecule has 1 aromatic rings. The summed E-state index contributed by atoms with van der Waals surface area (Å²) in [6, 6.07) is 11.5. The van der Waals surface area contributed by atoms with Crippen molar-refractivity contribution in [2.75, 3.05) is 13.1 Å². The minimum Gasteiger partial charge on any atom is -0.341 e. The summed E-state index contributed by atoms with van der Waals surface area (Å²) in [5.74, 6) is 0.678. The fourth-order valence-electron chi connectivity index (χ4n) is 2.89. The van der Waals surface area contributed by atoms with Crippen LogP contribution in [0.5, 0.6) is 0 Å². The second kappa shape index (κ2) is 6.56. The van der Waals surface area contributed by atoms with Crippen LogP contribution in [0.2, 0.25) is 0 Å². The van der Waals surface area contributed by atoms with Gasteiger partial charge in [-0.1, -0.05) is 44.2 Å². The van der Waals surface area contributed by atoms with Crippen LogP contribution in [0.15, 0.2) is 30.3 Å². The summed E-state index contributed by atoms with van der Waals surface area (Å²) in [4.78, 5) is 14.4. The van der Waals surface area contributed by atoms with Crippen LogP contribution in [0.3, 0.4) is 0 Å². The summed E-state index contributed by atoms with van der Waals surface area (Å²) in [5, 5.41) is 9.32. The van der Waals surface area contributed by atoms with Gasteiger partial charge in [0.2, 0.25) is 5.91 Å². The Hall–Kier alpha value is -1.82. The van der Waals surface area contributed by atoms with Gasteiger partial charge in [-0.2, -0.15) is 5.26 Å². The minimum absolute atomic E-state index is 0.0408. The third kappa shape index (κ3) is 3.19. The molecule has 0 bridgehead atoms. The first-order valence-electron chi connectivity index (χ1n) is 7.37. The number of nitrogens with zero attached hydrogens (tertiary/aromatic N) is 2. The Bertz CT molecular complexity index is 481. The van der Waals surface area contributed by atoms with Crippen LogP contribution in [0, 0.1) is 23.2 Å². The van der Waals surface area contributed by atoms with Crippen LogP contribution in [0.25, 0.3) is 0 Å². The number of hydrogen-bond donors (Lipinski definition) is 0. The lowest BCUT2D eigenvalue weighted by atomic mass is 9.86. The molecule has 3 heteroatoms. The van der Waals surface area contributed by atoms with Crippen molar-refractivity contribution in [2.24, 2.45) is 11.8 Å². The zero-order chi connectivity index (χ0) is 14.5. The molecule has 3 nitrogen and oxygen atoms in total. The monoisotopic (exact) mass is 270 g/mol. The number of nitriles is 1. The molecule has 1 aliphatic heterocycles. The average Bonchev–Trinajstić information content (AvgIpc) is 2.49. The fraction of sp³-hybridized carbons (Fsp3) is 0.529. The Morgan fingerprint density at radius 1 is 1.25 bits per heavy atom. The highest BCUT2D eigenvalue weighted by atomic mass is 16.2. The van der Waals surface area contributed by atoms with Crippen molar-refractivity contribution in [2.45, 2.75) is 32.6 Å². The van der Waals surface area contributed by atoms with Crippen molar-refractivity contribution < 1.29 is 4.79 Å². The first-order valence-corrected chi connectivity index (χ1v) is 7.37. The minimum atomic E-state index is -0.660. The summed E-state index contributed by atoms with van der Waals surface area (Å²) in [5.41, 5.74) is 0.797. The molecule has 1 unspecified atom stereocenters. The molecule has 0 radical (unpaired) electrons. The normalized spacial score (nSPS) is 17.8. The van der Waals surface area contributed by atoms with E-state index in [2.05, 4.69) is 19.9 Å². The predicted molar refractivity (Wildman–Crippen MR) is 78.9 cm³/mol. The number of piperidine rings is 1. The number of rotatable bonds is 3. The molecule has 1 saturated heterocycles. The molecule has 0 spiro atoms. The number of likely N-dealkylation sites (tertiary alicyclic amines) is 1. The smallest absolute Gasteiger partial charge is 0.244 e. The van der Waals surface area contributed by atoms with E-state index in [1.165, 1.54) is 0 Å². The van der Waals surface area contributed by atoms with Crippen LogP contribution in [-0.4, -0.2) is 23.9 Å². The van der Waals surface area contributed by atoms with Gasteiger partial charge in [0.25, 0.3) is 0 Å². The van der Waals surface area contributed by atoms with Crippen molar-refractivity contribution in [3.8, 4) is 6.07 Å². The molecular weight excluding hydrogens is 248 g/mol. The Balaban J connectivity index is 2.03. The molecule has 0 aromatic heterocycles. The summed E-state index contributed by atoms with van der Waals surface area (Å²) in [6.45, 7) is 6.05. The zero-order valence-corrected chi connectivity index (χ0v) is 12.2. The SMILES string of the molecule is CC(C)C1CCN(C(=O)C(C#N)c2ccccc2)CC1. The summed E-state index contributed by atoms with van der Waals surface area (Å²) < 4.78 is 0. The third-order valence-electron chi connectivity index (χ3n) is 4.30. The van der Waals surface area contributed by atoms with E-state index in [0.29, 0.717) is 11.8 Å². The molecule has 1 amide bonds. The van der Waals surface area contributed by atoms with Crippen molar-refractivity contribution in [1.82, 2.24) is 4.90 Å². The lowest BCUT2D eigenvalue weighted by Crippen LogP contribution is -2.41. The van der Waals surface area contributed by atoms with E-state index in [4.69, 9.17) is 0 Å². The molecule has 0 N–H and O–H groups in total. The molecule has 1 aliphatic rings. The summed E-state index contributed by atoms with van der Waals surface area (Å²) in [6.07, 6.45) is 2.10. The Morgan fingerprint density at radius 2 is 1.85 bits per heavy atom. The van der Waals surface area contributed by atoms with Gasteiger partial charge in [-0.3, -0.25) is 4.79 Å². The van der Waals surface area contributed by atoms with E-state index < -0.39 is 5.92 Å². The number of carbonyl (C=O) groups excluding carboxylic acids is 1. The van der Waals surface area contributed by atoms with Crippen LogP contribution < -0.4 is 0 Å². The van der Waals surface area contributed by atoms with Gasteiger partial charge in [-0.05, 0) is 30.2 Å². The summed E-state index contributed by atoms with van der Waals surface area (Å²) >= 11 is 0. The van der Waals surface area contributed by atoms with E-state index in [1.807, 2.05) is 35.2 Å². The van der Waals surface area contributed by atoms with Gasteiger partial charge in [0.15, 0.2) is 0 Å². The quantitative estimate of drug-likeness (QED) is 0.846. The van der Waals surface area contributed by atoms with E-state index in [0.717, 1.165) is 31.5 Å². The van der Waals surface area contributed by atoms with Gasteiger partial charge in [0, 0.05) is 13.1 Å². The van der Waals surface area contributed by atoms with E-state index in [9.17, 15) is 10.1 Å². The molecule has 106 valence electrons. The van der Waals surface area contributed by atoms with Gasteiger partial charge < -0.3 is 4.90 Å². The zero-order valence-electron chi connectivity index (χ0n) is 12.2. The van der Waals surface area contributed by atoms with E-state index in [1.54, 1.807) is 0 Å². The maximum Gasteiger partial charge on any atom is 0.244 e. The first-order chi connectivity index (χ1) is 9.63. The van der Waals surface area contributed by atoms with E-state index >= 15 is 0 Å². The van der Waals surface area contributed by atoms with Crippen LogP contribution >= 0.6 is 0 Å². The number of carbonyl (C=O) groups is 1. The fourth-order valence-corrected chi connectivity index (χ4v) is 2.89. The molecule has 1 fully saturated rings. The van der Waals surface area contributed by atoms with E-state index in [-0.39, 0.29) is 5.91 Å². The van der Waals surface area contributed by atoms with Gasteiger partial charge in [0.1, 0.15) is 5.92 Å². The Kier molecular flexibility index (Phi) is 4.79. The van der Waals surface area contributed by atoms with Gasteiger partial charge in [0.05, 0.1) is 6.07 Å². The lowest BCUT2D eigenvalue weighted by Gasteiger charge is -2.34. The highest BCUT2D eigenvalue weighted by Gasteiger charge is 2.29. The predicted octanol–water partition coefficient (Wildman–Crippen LogP) is 3.19. The Labute approximate surface area is 121 Å². The van der Waals surface area contributed by atoms with Crippen LogP contribution in [-0.2, 0) is 4.79 Å². The lowest BCUT2D eigenvalue weighted by molar-refractivity contribution is -0.133. The maximum absolute atomic E-state index is 12.5. The Morgan fingerprint density at radius 3 is 2.35 bits per heavy atom. The van der Waals surface area contributed by atoms with Crippen molar-refractivity contribution >= 4 is 5.91 Å². The summed E-state index contributed by atoms with van der Waals surface area (Å²) in [7, 11) is 0. The molecule has 0 aliphatic carbocycles. The molecule has 1 heterocycles.